The first-order valence-corrected chi connectivity index (χ1v) is 6.32. The summed E-state index contributed by atoms with van der Waals surface area (Å²) in [6, 6.07) is 10.9. The number of likely N-dealkylation sites (N-methyl/N-ethyl adjacent to an activating group) is 1. The van der Waals surface area contributed by atoms with Crippen LogP contribution >= 0.6 is 0 Å². The maximum Gasteiger partial charge on any atom is 0.0704 e. The van der Waals surface area contributed by atoms with Crippen molar-refractivity contribution in [3.63, 3.8) is 0 Å². The van der Waals surface area contributed by atoms with Crippen molar-refractivity contribution in [3.05, 3.63) is 42.1 Å². The Kier molecular flexibility index (Phi) is 1.74. The molecule has 1 aromatic heterocycles. The first-order chi connectivity index (χ1) is 8.29. The number of benzene rings is 1. The molecule has 2 unspecified atom stereocenters. The van der Waals surface area contributed by atoms with E-state index in [2.05, 4.69) is 47.3 Å². The van der Waals surface area contributed by atoms with Crippen LogP contribution in [0.4, 0.5) is 0 Å². The van der Waals surface area contributed by atoms with Gasteiger partial charge in [0.05, 0.1) is 5.52 Å². The number of pyridine rings is 1. The van der Waals surface area contributed by atoms with Gasteiger partial charge in [-0.25, -0.2) is 0 Å². The largest absolute Gasteiger partial charge is 0.305 e. The first-order valence-electron chi connectivity index (χ1n) is 6.32. The van der Waals surface area contributed by atoms with Crippen molar-refractivity contribution < 1.29 is 0 Å². The molecule has 2 fully saturated rings. The van der Waals surface area contributed by atoms with E-state index in [-0.39, 0.29) is 0 Å². The van der Waals surface area contributed by atoms with Gasteiger partial charge >= 0.3 is 0 Å². The predicted octanol–water partition coefficient (Wildman–Crippen LogP) is 2.44. The van der Waals surface area contributed by atoms with E-state index in [4.69, 9.17) is 0 Å². The van der Waals surface area contributed by atoms with Gasteiger partial charge in [-0.15, -0.1) is 0 Å². The fraction of sp³-hybridized carbons (Fsp3) is 0.400. The minimum atomic E-state index is 0.442. The maximum absolute atomic E-state index is 4.47. The van der Waals surface area contributed by atoms with E-state index in [0.29, 0.717) is 5.41 Å². The van der Waals surface area contributed by atoms with E-state index < -0.39 is 0 Å². The summed E-state index contributed by atoms with van der Waals surface area (Å²) < 4.78 is 0. The Labute approximate surface area is 101 Å². The topological polar surface area (TPSA) is 16.1 Å². The molecule has 1 aliphatic heterocycles. The molecule has 86 valence electrons. The van der Waals surface area contributed by atoms with Crippen LogP contribution in [0.1, 0.15) is 12.0 Å². The lowest BCUT2D eigenvalue weighted by Gasteiger charge is -2.18. The van der Waals surface area contributed by atoms with Crippen molar-refractivity contribution in [2.24, 2.45) is 5.92 Å². The van der Waals surface area contributed by atoms with Gasteiger partial charge in [-0.2, -0.15) is 0 Å². The standard InChI is InChI=1S/C15H16N2/c1-17-9-11-8-15(11,10-17)13-5-2-6-14-12(13)4-3-7-16-14/h2-7,11H,8-10H2,1H3. The summed E-state index contributed by atoms with van der Waals surface area (Å²) in [6.45, 7) is 2.47. The van der Waals surface area contributed by atoms with Crippen LogP contribution < -0.4 is 0 Å². The zero-order valence-corrected chi connectivity index (χ0v) is 10.1. The molecule has 2 heteroatoms. The fourth-order valence-electron chi connectivity index (χ4n) is 3.69. The number of hydrogen-bond acceptors (Lipinski definition) is 2. The highest BCUT2D eigenvalue weighted by atomic mass is 15.2. The number of nitrogens with zero attached hydrogens (tertiary/aromatic N) is 2. The first kappa shape index (κ1) is 9.60. The van der Waals surface area contributed by atoms with Crippen LogP contribution in [0.2, 0.25) is 0 Å². The number of likely N-dealkylation sites (tertiary alicyclic amines) is 1. The van der Waals surface area contributed by atoms with Crippen molar-refractivity contribution in [1.82, 2.24) is 9.88 Å². The molecule has 1 aliphatic carbocycles. The molecular formula is C15H16N2. The lowest BCUT2D eigenvalue weighted by molar-refractivity contribution is 0.364. The highest BCUT2D eigenvalue weighted by Gasteiger charge is 2.60. The van der Waals surface area contributed by atoms with Crippen molar-refractivity contribution in [2.45, 2.75) is 11.8 Å². The van der Waals surface area contributed by atoms with Crippen LogP contribution in [0.15, 0.2) is 36.5 Å². The van der Waals surface area contributed by atoms with Crippen molar-refractivity contribution in [2.75, 3.05) is 20.1 Å². The summed E-state index contributed by atoms with van der Waals surface area (Å²) in [6.07, 6.45) is 3.25. The highest BCUT2D eigenvalue weighted by Crippen LogP contribution is 2.59. The van der Waals surface area contributed by atoms with E-state index in [1.807, 2.05) is 6.20 Å². The second-order valence-electron chi connectivity index (χ2n) is 5.63. The normalized spacial score (nSPS) is 31.7. The molecule has 2 nitrogen and oxygen atoms in total. The molecule has 2 atom stereocenters. The maximum atomic E-state index is 4.47. The van der Waals surface area contributed by atoms with Gasteiger partial charge in [-0.3, -0.25) is 4.98 Å². The summed E-state index contributed by atoms with van der Waals surface area (Å²) in [5.74, 6) is 0.873. The van der Waals surface area contributed by atoms with E-state index in [0.717, 1.165) is 11.4 Å². The Bertz CT molecular complexity index is 587. The minimum absolute atomic E-state index is 0.442. The molecule has 2 aromatic rings. The summed E-state index contributed by atoms with van der Waals surface area (Å²) in [5, 5.41) is 1.35. The molecule has 2 aliphatic rings. The zero-order valence-electron chi connectivity index (χ0n) is 10.1. The molecular weight excluding hydrogens is 208 g/mol. The van der Waals surface area contributed by atoms with E-state index in [9.17, 15) is 0 Å². The second kappa shape index (κ2) is 3.08. The average molecular weight is 224 g/mol. The Morgan fingerprint density at radius 3 is 3.06 bits per heavy atom. The highest BCUT2D eigenvalue weighted by molar-refractivity contribution is 5.84. The van der Waals surface area contributed by atoms with Crippen LogP contribution in [0.3, 0.4) is 0 Å². The third-order valence-corrected chi connectivity index (χ3v) is 4.50. The van der Waals surface area contributed by atoms with Gasteiger partial charge in [-0.05, 0) is 37.1 Å². The quantitative estimate of drug-likeness (QED) is 0.739. The Hall–Kier alpha value is -1.41. The predicted molar refractivity (Wildman–Crippen MR) is 69.0 cm³/mol. The number of piperidine rings is 1. The average Bonchev–Trinajstić information content (AvgIpc) is 2.92. The Balaban J connectivity index is 1.92. The molecule has 0 spiro atoms. The minimum Gasteiger partial charge on any atom is -0.305 e. The number of aromatic nitrogens is 1. The van der Waals surface area contributed by atoms with Crippen LogP contribution in [0, 0.1) is 5.92 Å². The van der Waals surface area contributed by atoms with Crippen LogP contribution in [0.25, 0.3) is 10.9 Å². The van der Waals surface area contributed by atoms with Gasteiger partial charge in [0.15, 0.2) is 0 Å². The summed E-state index contributed by atoms with van der Waals surface area (Å²) in [5.41, 5.74) is 3.11. The number of hydrogen-bond donors (Lipinski definition) is 0. The molecule has 1 aromatic carbocycles. The summed E-state index contributed by atoms with van der Waals surface area (Å²) in [4.78, 5) is 6.93. The molecule has 0 N–H and O–H groups in total. The monoisotopic (exact) mass is 224 g/mol. The van der Waals surface area contributed by atoms with Crippen LogP contribution in [-0.2, 0) is 5.41 Å². The van der Waals surface area contributed by atoms with Gasteiger partial charge in [0.1, 0.15) is 0 Å². The lowest BCUT2D eigenvalue weighted by atomic mass is 9.91. The van der Waals surface area contributed by atoms with Crippen molar-refractivity contribution in [1.29, 1.82) is 0 Å². The van der Waals surface area contributed by atoms with Crippen LogP contribution in [-0.4, -0.2) is 30.0 Å². The molecule has 0 radical (unpaired) electrons. The van der Waals surface area contributed by atoms with E-state index in [1.54, 1.807) is 0 Å². The molecule has 1 saturated heterocycles. The third kappa shape index (κ3) is 1.22. The number of fused-ring (bicyclic) bond motifs is 2. The molecule has 2 heterocycles. The molecule has 1 saturated carbocycles. The SMILES string of the molecule is CN1CC2CC2(c2cccc3ncccc23)C1. The molecule has 17 heavy (non-hydrogen) atoms. The lowest BCUT2D eigenvalue weighted by Crippen LogP contribution is -2.22. The summed E-state index contributed by atoms with van der Waals surface area (Å²) >= 11 is 0. The van der Waals surface area contributed by atoms with E-state index >= 15 is 0 Å². The Morgan fingerprint density at radius 2 is 2.24 bits per heavy atom. The van der Waals surface area contributed by atoms with Gasteiger partial charge in [0.2, 0.25) is 0 Å². The zero-order chi connectivity index (χ0) is 11.5. The number of rotatable bonds is 1. The summed E-state index contributed by atoms with van der Waals surface area (Å²) in [7, 11) is 2.23. The van der Waals surface area contributed by atoms with Gasteiger partial charge in [0.25, 0.3) is 0 Å². The third-order valence-electron chi connectivity index (χ3n) is 4.50. The van der Waals surface area contributed by atoms with Gasteiger partial charge in [-0.1, -0.05) is 18.2 Å². The van der Waals surface area contributed by atoms with Crippen LogP contribution in [0.5, 0.6) is 0 Å². The van der Waals surface area contributed by atoms with Crippen molar-refractivity contribution in [3.8, 4) is 0 Å². The van der Waals surface area contributed by atoms with Crippen molar-refractivity contribution >= 4 is 10.9 Å². The van der Waals surface area contributed by atoms with Gasteiger partial charge in [0, 0.05) is 30.1 Å². The van der Waals surface area contributed by atoms with Gasteiger partial charge < -0.3 is 4.90 Å². The molecule has 0 bridgehead atoms. The fourth-order valence-corrected chi connectivity index (χ4v) is 3.69. The second-order valence-corrected chi connectivity index (χ2v) is 5.63. The molecule has 4 rings (SSSR count). The smallest absolute Gasteiger partial charge is 0.0704 e. The van der Waals surface area contributed by atoms with E-state index in [1.165, 1.54) is 30.5 Å². The Morgan fingerprint density at radius 1 is 1.29 bits per heavy atom. The molecule has 0 amide bonds.